The van der Waals surface area contributed by atoms with Crippen molar-refractivity contribution in [3.8, 4) is 11.5 Å². The quantitative estimate of drug-likeness (QED) is 0.623. The van der Waals surface area contributed by atoms with Gasteiger partial charge < -0.3 is 15.2 Å². The molecular formula is C24H25NO2. The molecule has 3 nitrogen and oxygen atoms in total. The maximum absolute atomic E-state index is 6.37. The number of benzene rings is 3. The molecule has 1 saturated carbocycles. The molecule has 0 aromatic heterocycles. The zero-order chi connectivity index (χ0) is 18.5. The molecule has 3 aromatic carbocycles. The number of nitrogens with two attached hydrogens (primary N) is 1. The predicted octanol–water partition coefficient (Wildman–Crippen LogP) is 4.88. The van der Waals surface area contributed by atoms with Crippen molar-refractivity contribution >= 4 is 0 Å². The van der Waals surface area contributed by atoms with Gasteiger partial charge in [0.05, 0.1) is 0 Å². The second-order valence-corrected chi connectivity index (χ2v) is 7.33. The highest BCUT2D eigenvalue weighted by Gasteiger charge is 2.39. The summed E-state index contributed by atoms with van der Waals surface area (Å²) in [6, 6.07) is 26.5. The molecule has 27 heavy (non-hydrogen) atoms. The van der Waals surface area contributed by atoms with Gasteiger partial charge in [0, 0.05) is 5.54 Å². The summed E-state index contributed by atoms with van der Waals surface area (Å²) in [5.74, 6) is 1.59. The molecule has 1 fully saturated rings. The van der Waals surface area contributed by atoms with E-state index < -0.39 is 0 Å². The Morgan fingerprint density at radius 2 is 1.30 bits per heavy atom. The van der Waals surface area contributed by atoms with Crippen LogP contribution in [0.2, 0.25) is 0 Å². The van der Waals surface area contributed by atoms with Gasteiger partial charge in [-0.15, -0.1) is 0 Å². The van der Waals surface area contributed by atoms with Gasteiger partial charge in [-0.2, -0.15) is 0 Å². The lowest BCUT2D eigenvalue weighted by Gasteiger charge is -2.18. The molecule has 1 aliphatic carbocycles. The van der Waals surface area contributed by atoms with Crippen molar-refractivity contribution in [1.29, 1.82) is 0 Å². The molecule has 0 radical (unpaired) electrons. The van der Waals surface area contributed by atoms with E-state index in [1.807, 2.05) is 48.5 Å². The average Bonchev–Trinajstić information content (AvgIpc) is 3.44. The predicted molar refractivity (Wildman–Crippen MR) is 108 cm³/mol. The Morgan fingerprint density at radius 1 is 0.704 bits per heavy atom. The van der Waals surface area contributed by atoms with E-state index in [9.17, 15) is 0 Å². The van der Waals surface area contributed by atoms with Crippen molar-refractivity contribution in [2.45, 2.75) is 38.0 Å². The van der Waals surface area contributed by atoms with Crippen LogP contribution in [0.1, 0.15) is 29.5 Å². The summed E-state index contributed by atoms with van der Waals surface area (Å²) in [5.41, 5.74) is 9.68. The second-order valence-electron chi connectivity index (χ2n) is 7.33. The number of hydrogen-bond acceptors (Lipinski definition) is 3. The van der Waals surface area contributed by atoms with Gasteiger partial charge in [0.2, 0.25) is 0 Å². The minimum absolute atomic E-state index is 0.0804. The van der Waals surface area contributed by atoms with Crippen LogP contribution in [0.3, 0.4) is 0 Å². The normalized spacial score (nSPS) is 14.6. The molecule has 0 atom stereocenters. The third-order valence-electron chi connectivity index (χ3n) is 4.96. The van der Waals surface area contributed by atoms with Crippen LogP contribution in [-0.2, 0) is 19.6 Å². The molecule has 138 valence electrons. The van der Waals surface area contributed by atoms with Crippen molar-refractivity contribution in [3.63, 3.8) is 0 Å². The van der Waals surface area contributed by atoms with Gasteiger partial charge in [-0.1, -0.05) is 72.8 Å². The first-order chi connectivity index (χ1) is 13.2. The summed E-state index contributed by atoms with van der Waals surface area (Å²) in [7, 11) is 0. The van der Waals surface area contributed by atoms with E-state index in [4.69, 9.17) is 15.2 Å². The van der Waals surface area contributed by atoms with Crippen LogP contribution in [0.15, 0.2) is 78.9 Å². The lowest BCUT2D eigenvalue weighted by atomic mass is 10.0. The highest BCUT2D eigenvalue weighted by atomic mass is 16.5. The number of rotatable bonds is 8. The average molecular weight is 359 g/mol. The fourth-order valence-electron chi connectivity index (χ4n) is 3.16. The highest BCUT2D eigenvalue weighted by Crippen LogP contribution is 2.41. The molecule has 0 aliphatic heterocycles. The smallest absolute Gasteiger partial charge is 0.164 e. The monoisotopic (exact) mass is 359 g/mol. The van der Waals surface area contributed by atoms with E-state index in [0.717, 1.165) is 47.5 Å². The van der Waals surface area contributed by atoms with E-state index in [-0.39, 0.29) is 5.54 Å². The largest absolute Gasteiger partial charge is 0.485 e. The molecule has 0 spiro atoms. The summed E-state index contributed by atoms with van der Waals surface area (Å²) in [6.45, 7) is 1.02. The highest BCUT2D eigenvalue weighted by molar-refractivity contribution is 5.48. The maximum Gasteiger partial charge on any atom is 0.164 e. The second kappa shape index (κ2) is 7.85. The molecule has 0 bridgehead atoms. The minimum atomic E-state index is -0.0804. The van der Waals surface area contributed by atoms with Gasteiger partial charge >= 0.3 is 0 Å². The van der Waals surface area contributed by atoms with Crippen LogP contribution in [0, 0.1) is 0 Å². The van der Waals surface area contributed by atoms with Crippen molar-refractivity contribution in [1.82, 2.24) is 0 Å². The third kappa shape index (κ3) is 4.69. The van der Waals surface area contributed by atoms with Crippen molar-refractivity contribution < 1.29 is 9.47 Å². The summed E-state index contributed by atoms with van der Waals surface area (Å²) in [5, 5.41) is 0. The molecule has 1 aliphatic rings. The molecule has 2 N–H and O–H groups in total. The standard InChI is InChI=1S/C24H25NO2/c25-24(14-15-24)16-21-12-7-13-22(26-17-19-8-3-1-4-9-19)23(21)27-18-20-10-5-2-6-11-20/h1-13H,14-18,25H2. The van der Waals surface area contributed by atoms with Gasteiger partial charge in [0.25, 0.3) is 0 Å². The minimum Gasteiger partial charge on any atom is -0.485 e. The maximum atomic E-state index is 6.37. The summed E-state index contributed by atoms with van der Waals surface area (Å²) in [4.78, 5) is 0. The first-order valence-corrected chi connectivity index (χ1v) is 9.46. The first kappa shape index (κ1) is 17.6. The van der Waals surface area contributed by atoms with E-state index in [1.54, 1.807) is 0 Å². The lowest BCUT2D eigenvalue weighted by Crippen LogP contribution is -2.24. The molecule has 3 aromatic rings. The van der Waals surface area contributed by atoms with Gasteiger partial charge in [0.15, 0.2) is 11.5 Å². The molecule has 4 rings (SSSR count). The van der Waals surface area contributed by atoms with E-state index >= 15 is 0 Å². The van der Waals surface area contributed by atoms with Gasteiger partial charge in [0.1, 0.15) is 13.2 Å². The molecular weight excluding hydrogens is 334 g/mol. The topological polar surface area (TPSA) is 44.5 Å². The number of para-hydroxylation sites is 1. The first-order valence-electron chi connectivity index (χ1n) is 9.46. The molecule has 3 heteroatoms. The summed E-state index contributed by atoms with van der Waals surface area (Å²) in [6.07, 6.45) is 2.96. The molecule has 0 unspecified atom stereocenters. The van der Waals surface area contributed by atoms with Crippen LogP contribution in [0.4, 0.5) is 0 Å². The van der Waals surface area contributed by atoms with Crippen molar-refractivity contribution in [2.75, 3.05) is 0 Å². The van der Waals surface area contributed by atoms with E-state index in [2.05, 4.69) is 30.3 Å². The lowest BCUT2D eigenvalue weighted by molar-refractivity contribution is 0.253. The zero-order valence-electron chi connectivity index (χ0n) is 15.4. The summed E-state index contributed by atoms with van der Waals surface area (Å²) < 4.78 is 12.4. The van der Waals surface area contributed by atoms with Gasteiger partial charge in [-0.3, -0.25) is 0 Å². The van der Waals surface area contributed by atoms with Crippen LogP contribution in [0.5, 0.6) is 11.5 Å². The fraction of sp³-hybridized carbons (Fsp3) is 0.250. The molecule has 0 heterocycles. The Balaban J connectivity index is 1.55. The number of ether oxygens (including phenoxy) is 2. The van der Waals surface area contributed by atoms with Gasteiger partial charge in [-0.05, 0) is 42.0 Å². The Kier molecular flexibility index (Phi) is 5.12. The fourth-order valence-corrected chi connectivity index (χ4v) is 3.16. The molecule has 0 amide bonds. The van der Waals surface area contributed by atoms with E-state index in [1.165, 1.54) is 0 Å². The third-order valence-corrected chi connectivity index (χ3v) is 4.96. The Morgan fingerprint density at radius 3 is 1.89 bits per heavy atom. The summed E-state index contributed by atoms with van der Waals surface area (Å²) >= 11 is 0. The Hall–Kier alpha value is -2.78. The zero-order valence-corrected chi connectivity index (χ0v) is 15.4. The van der Waals surface area contributed by atoms with E-state index in [0.29, 0.717) is 13.2 Å². The molecule has 0 saturated heterocycles. The van der Waals surface area contributed by atoms with Crippen LogP contribution in [-0.4, -0.2) is 5.54 Å². The SMILES string of the molecule is NC1(Cc2cccc(OCc3ccccc3)c2OCc2ccccc2)CC1. The van der Waals surface area contributed by atoms with Crippen molar-refractivity contribution in [2.24, 2.45) is 5.73 Å². The van der Waals surface area contributed by atoms with Crippen LogP contribution in [0.25, 0.3) is 0 Å². The van der Waals surface area contributed by atoms with Crippen LogP contribution < -0.4 is 15.2 Å². The Labute approximate surface area is 160 Å². The van der Waals surface area contributed by atoms with Gasteiger partial charge in [-0.25, -0.2) is 0 Å². The van der Waals surface area contributed by atoms with Crippen molar-refractivity contribution in [3.05, 3.63) is 95.6 Å². The van der Waals surface area contributed by atoms with Crippen LogP contribution >= 0.6 is 0 Å². The Bertz CT molecular complexity index is 873. The number of hydrogen-bond donors (Lipinski definition) is 1.